The van der Waals surface area contributed by atoms with Crippen molar-refractivity contribution < 1.29 is 9.59 Å². The van der Waals surface area contributed by atoms with Crippen LogP contribution in [-0.2, 0) is 9.59 Å². The third kappa shape index (κ3) is 8.81. The zero-order valence-electron chi connectivity index (χ0n) is 24.5. The monoisotopic (exact) mass is 530 g/mol. The molecule has 0 aliphatic carbocycles. The summed E-state index contributed by atoms with van der Waals surface area (Å²) in [6.45, 7) is 11.0. The zero-order chi connectivity index (χ0) is 28.2. The van der Waals surface area contributed by atoms with Gasteiger partial charge in [-0.3, -0.25) is 9.59 Å². The van der Waals surface area contributed by atoms with E-state index >= 15 is 0 Å². The van der Waals surface area contributed by atoms with Gasteiger partial charge in [-0.25, -0.2) is 4.68 Å². The van der Waals surface area contributed by atoms with Gasteiger partial charge in [-0.1, -0.05) is 108 Å². The van der Waals surface area contributed by atoms with Crippen LogP contribution in [0.15, 0.2) is 54.6 Å². The Bertz CT molecular complexity index is 1200. The molecule has 39 heavy (non-hydrogen) atoms. The molecule has 0 atom stereocenters. The maximum atomic E-state index is 13.5. The molecule has 1 aromatic heterocycles. The lowest BCUT2D eigenvalue weighted by molar-refractivity contribution is -0.135. The topological polar surface area (TPSA) is 67.2 Å². The van der Waals surface area contributed by atoms with Gasteiger partial charge in [0.1, 0.15) is 5.82 Å². The molecule has 2 amide bonds. The van der Waals surface area contributed by atoms with Crippen LogP contribution in [0.2, 0.25) is 0 Å². The van der Waals surface area contributed by atoms with Crippen molar-refractivity contribution in [2.45, 2.75) is 86.0 Å². The van der Waals surface area contributed by atoms with E-state index in [-0.39, 0.29) is 24.3 Å². The minimum atomic E-state index is -0.213. The van der Waals surface area contributed by atoms with Crippen molar-refractivity contribution in [3.8, 4) is 16.8 Å². The molecule has 3 rings (SSSR count). The fraction of sp³-hybridized carbons (Fsp3) is 0.485. The first-order chi connectivity index (χ1) is 18.8. The molecule has 0 saturated carbocycles. The van der Waals surface area contributed by atoms with Crippen molar-refractivity contribution in [1.29, 1.82) is 0 Å². The van der Waals surface area contributed by atoms with Crippen LogP contribution in [0.5, 0.6) is 0 Å². The zero-order valence-corrected chi connectivity index (χ0v) is 24.5. The van der Waals surface area contributed by atoms with Gasteiger partial charge < -0.3 is 10.2 Å². The highest BCUT2D eigenvalue weighted by atomic mass is 16.2. The van der Waals surface area contributed by atoms with E-state index < -0.39 is 0 Å². The predicted octanol–water partition coefficient (Wildman–Crippen LogP) is 7.72. The molecule has 0 unspecified atom stereocenters. The Labute approximate surface area is 234 Å². The maximum Gasteiger partial charge on any atom is 0.245 e. The molecule has 0 radical (unpaired) electrons. The molecule has 1 N–H and O–H groups in total. The summed E-state index contributed by atoms with van der Waals surface area (Å²) in [5, 5.41) is 7.98. The molecule has 0 bridgehead atoms. The van der Waals surface area contributed by atoms with Crippen molar-refractivity contribution in [3.63, 3.8) is 0 Å². The molecule has 6 nitrogen and oxygen atoms in total. The Kier molecular flexibility index (Phi) is 11.8. The Balaban J connectivity index is 1.78. The number of anilines is 1. The van der Waals surface area contributed by atoms with Crippen LogP contribution >= 0.6 is 0 Å². The molecular weight excluding hydrogens is 484 g/mol. The van der Waals surface area contributed by atoms with Crippen LogP contribution < -0.4 is 5.32 Å². The number of para-hydroxylation sites is 1. The van der Waals surface area contributed by atoms with Crippen molar-refractivity contribution in [2.75, 3.05) is 18.4 Å². The van der Waals surface area contributed by atoms with Crippen molar-refractivity contribution in [3.05, 3.63) is 65.9 Å². The first-order valence-corrected chi connectivity index (χ1v) is 14.6. The summed E-state index contributed by atoms with van der Waals surface area (Å²) < 4.78 is 1.82. The predicted molar refractivity (Wildman–Crippen MR) is 161 cm³/mol. The summed E-state index contributed by atoms with van der Waals surface area (Å²) in [6, 6.07) is 18.0. The molecule has 1 heterocycles. The lowest BCUT2D eigenvalue weighted by Crippen LogP contribution is -2.40. The van der Waals surface area contributed by atoms with Gasteiger partial charge in [0.05, 0.1) is 17.9 Å². The van der Waals surface area contributed by atoms with Crippen molar-refractivity contribution in [1.82, 2.24) is 14.7 Å². The number of aromatic nitrogens is 2. The molecular formula is C33H46N4O2. The molecule has 0 aliphatic rings. The number of unbranched alkanes of at least 4 members (excludes halogenated alkanes) is 6. The number of carbonyl (C=O) groups is 2. The van der Waals surface area contributed by atoms with Crippen LogP contribution in [0.25, 0.3) is 16.8 Å². The van der Waals surface area contributed by atoms with E-state index in [1.807, 2.05) is 73.1 Å². The number of nitrogens with one attached hydrogen (secondary N) is 1. The lowest BCUT2D eigenvalue weighted by atomic mass is 10.1. The van der Waals surface area contributed by atoms with Gasteiger partial charge in [0.2, 0.25) is 11.8 Å². The molecule has 6 heteroatoms. The van der Waals surface area contributed by atoms with Gasteiger partial charge in [0.15, 0.2) is 0 Å². The fourth-order valence-electron chi connectivity index (χ4n) is 5.00. The van der Waals surface area contributed by atoms with E-state index in [0.29, 0.717) is 18.8 Å². The largest absolute Gasteiger partial charge is 0.333 e. The Morgan fingerprint density at radius 3 is 2.21 bits per heavy atom. The van der Waals surface area contributed by atoms with Gasteiger partial charge >= 0.3 is 0 Å². The maximum absolute atomic E-state index is 13.5. The normalized spacial score (nSPS) is 11.1. The van der Waals surface area contributed by atoms with Gasteiger partial charge in [-0.05, 0) is 43.4 Å². The number of rotatable bonds is 15. The van der Waals surface area contributed by atoms with Crippen LogP contribution in [-0.4, -0.2) is 39.6 Å². The quantitative estimate of drug-likeness (QED) is 0.205. The first kappa shape index (κ1) is 30.1. The van der Waals surface area contributed by atoms with E-state index in [1.54, 1.807) is 4.90 Å². The molecule has 0 saturated heterocycles. The molecule has 0 spiro atoms. The van der Waals surface area contributed by atoms with E-state index in [1.165, 1.54) is 32.1 Å². The highest BCUT2D eigenvalue weighted by Gasteiger charge is 2.23. The van der Waals surface area contributed by atoms with Crippen LogP contribution in [0.3, 0.4) is 0 Å². The van der Waals surface area contributed by atoms with Crippen LogP contribution in [0.4, 0.5) is 5.82 Å². The first-order valence-electron chi connectivity index (χ1n) is 14.6. The number of hydrogen-bond donors (Lipinski definition) is 1. The molecule has 3 aromatic rings. The SMILES string of the molecule is CCCCCCCCCC(=O)N(CC(=O)Nc1c(-c2ccccc2)c(C)nn1-c1ccccc1C)CC(C)C. The van der Waals surface area contributed by atoms with Crippen LogP contribution in [0, 0.1) is 19.8 Å². The summed E-state index contributed by atoms with van der Waals surface area (Å²) >= 11 is 0. The van der Waals surface area contributed by atoms with Gasteiger partial charge in [0, 0.05) is 18.5 Å². The molecule has 2 aromatic carbocycles. The van der Waals surface area contributed by atoms with Crippen molar-refractivity contribution >= 4 is 17.6 Å². The number of benzene rings is 2. The second-order valence-corrected chi connectivity index (χ2v) is 11.0. The summed E-state index contributed by atoms with van der Waals surface area (Å²) in [4.78, 5) is 28.4. The number of hydrogen-bond acceptors (Lipinski definition) is 3. The number of carbonyl (C=O) groups excluding carboxylic acids is 2. The average Bonchev–Trinajstić information content (AvgIpc) is 3.23. The average molecular weight is 531 g/mol. The van der Waals surface area contributed by atoms with E-state index in [4.69, 9.17) is 5.10 Å². The van der Waals surface area contributed by atoms with Crippen LogP contribution in [0.1, 0.15) is 83.4 Å². The van der Waals surface area contributed by atoms with Gasteiger partial charge in [-0.2, -0.15) is 5.10 Å². The standard InChI is InChI=1S/C33H46N4O2/c1-6-7-8-9-10-11-15-22-31(39)36(23-25(2)3)24-30(38)34-33-32(28-19-13-12-14-20-28)27(5)35-37(33)29-21-17-16-18-26(29)4/h12-14,16-21,25H,6-11,15,22-24H2,1-5H3,(H,34,38). The van der Waals surface area contributed by atoms with Crippen molar-refractivity contribution in [2.24, 2.45) is 5.92 Å². The minimum absolute atomic E-state index is 0.0275. The Hall–Kier alpha value is -3.41. The highest BCUT2D eigenvalue weighted by Crippen LogP contribution is 2.34. The molecule has 210 valence electrons. The van der Waals surface area contributed by atoms with Gasteiger partial charge in [0.25, 0.3) is 0 Å². The smallest absolute Gasteiger partial charge is 0.245 e. The highest BCUT2D eigenvalue weighted by molar-refractivity contribution is 5.98. The molecule has 0 aliphatic heterocycles. The molecule has 0 fully saturated rings. The summed E-state index contributed by atoms with van der Waals surface area (Å²) in [5.74, 6) is 0.743. The minimum Gasteiger partial charge on any atom is -0.333 e. The Morgan fingerprint density at radius 2 is 1.54 bits per heavy atom. The Morgan fingerprint density at radius 1 is 0.897 bits per heavy atom. The summed E-state index contributed by atoms with van der Waals surface area (Å²) in [5.41, 5.74) is 4.67. The number of amides is 2. The summed E-state index contributed by atoms with van der Waals surface area (Å²) in [7, 11) is 0. The second-order valence-electron chi connectivity index (χ2n) is 11.0. The fourth-order valence-corrected chi connectivity index (χ4v) is 5.00. The second kappa shape index (κ2) is 15.2. The lowest BCUT2D eigenvalue weighted by Gasteiger charge is -2.24. The van der Waals surface area contributed by atoms with E-state index in [9.17, 15) is 9.59 Å². The van der Waals surface area contributed by atoms with E-state index in [2.05, 4.69) is 26.1 Å². The number of aryl methyl sites for hydroxylation is 2. The number of nitrogens with zero attached hydrogens (tertiary/aromatic N) is 3. The van der Waals surface area contributed by atoms with Gasteiger partial charge in [-0.15, -0.1) is 0 Å². The van der Waals surface area contributed by atoms with E-state index in [0.717, 1.165) is 40.9 Å². The third-order valence-corrected chi connectivity index (χ3v) is 6.99. The summed E-state index contributed by atoms with van der Waals surface area (Å²) in [6.07, 6.45) is 8.62. The third-order valence-electron chi connectivity index (χ3n) is 6.99.